The molecule has 0 bridgehead atoms. The Morgan fingerprint density at radius 3 is 2.06 bits per heavy atom. The third kappa shape index (κ3) is 5.32. The number of hydrogen-bond acceptors (Lipinski definition) is 7. The molecular weight excluding hydrogens is 462 g/mol. The second-order valence-corrected chi connectivity index (χ2v) is 11.4. The van der Waals surface area contributed by atoms with E-state index in [-0.39, 0.29) is 16.6 Å². The first-order chi connectivity index (χ1) is 15.8. The van der Waals surface area contributed by atoms with E-state index >= 15 is 0 Å². The molecule has 1 saturated heterocycles. The van der Waals surface area contributed by atoms with Gasteiger partial charge in [-0.25, -0.2) is 26.5 Å². The molecule has 3 aromatic rings. The average molecular weight is 488 g/mol. The second kappa shape index (κ2) is 9.46. The van der Waals surface area contributed by atoms with E-state index in [4.69, 9.17) is 0 Å². The first-order valence-electron chi connectivity index (χ1n) is 10.5. The molecule has 0 aliphatic carbocycles. The summed E-state index contributed by atoms with van der Waals surface area (Å²) in [6.07, 6.45) is 0. The van der Waals surface area contributed by atoms with E-state index in [1.54, 1.807) is 31.2 Å². The summed E-state index contributed by atoms with van der Waals surface area (Å²) in [5, 5.41) is 0. The zero-order chi connectivity index (χ0) is 23.5. The number of nitrogens with zero attached hydrogens (tertiary/aromatic N) is 4. The first-order valence-corrected chi connectivity index (χ1v) is 13.6. The SMILES string of the molecule is CCS(=O)(=O)N1CCN(c2cc(-c3ccccc3)nc(NS(=O)(=O)c3ccccc3)n2)CC1. The predicted octanol–water partition coefficient (Wildman–Crippen LogP) is 2.42. The van der Waals surface area contributed by atoms with Crippen molar-refractivity contribution in [3.05, 3.63) is 66.7 Å². The molecule has 1 aromatic heterocycles. The van der Waals surface area contributed by atoms with Crippen LogP contribution in [-0.4, -0.2) is 63.0 Å². The van der Waals surface area contributed by atoms with Crippen LogP contribution in [-0.2, 0) is 20.0 Å². The number of anilines is 2. The van der Waals surface area contributed by atoms with Gasteiger partial charge in [0.05, 0.1) is 16.3 Å². The van der Waals surface area contributed by atoms with Crippen LogP contribution in [0.25, 0.3) is 11.3 Å². The van der Waals surface area contributed by atoms with Crippen molar-refractivity contribution in [2.45, 2.75) is 11.8 Å². The normalized spacial score (nSPS) is 15.4. The molecule has 1 N–H and O–H groups in total. The Morgan fingerprint density at radius 1 is 0.848 bits per heavy atom. The van der Waals surface area contributed by atoms with E-state index in [9.17, 15) is 16.8 Å². The Labute approximate surface area is 194 Å². The van der Waals surface area contributed by atoms with E-state index in [1.165, 1.54) is 16.4 Å². The van der Waals surface area contributed by atoms with Crippen molar-refractivity contribution in [2.75, 3.05) is 41.6 Å². The van der Waals surface area contributed by atoms with Gasteiger partial charge in [0.2, 0.25) is 16.0 Å². The van der Waals surface area contributed by atoms with Crippen LogP contribution in [0.1, 0.15) is 6.92 Å². The van der Waals surface area contributed by atoms with Gasteiger partial charge in [-0.2, -0.15) is 9.29 Å². The van der Waals surface area contributed by atoms with Gasteiger partial charge in [-0.1, -0.05) is 48.5 Å². The van der Waals surface area contributed by atoms with Crippen LogP contribution in [0.4, 0.5) is 11.8 Å². The first kappa shape index (κ1) is 23.1. The van der Waals surface area contributed by atoms with Gasteiger partial charge in [-0.3, -0.25) is 0 Å². The number of rotatable bonds is 7. The molecule has 0 spiro atoms. The lowest BCUT2D eigenvalue weighted by Gasteiger charge is -2.34. The van der Waals surface area contributed by atoms with Crippen molar-refractivity contribution < 1.29 is 16.8 Å². The van der Waals surface area contributed by atoms with Gasteiger partial charge >= 0.3 is 0 Å². The van der Waals surface area contributed by atoms with Crippen molar-refractivity contribution in [3.63, 3.8) is 0 Å². The van der Waals surface area contributed by atoms with E-state index in [1.807, 2.05) is 35.2 Å². The fourth-order valence-corrected chi connectivity index (χ4v) is 5.61. The van der Waals surface area contributed by atoms with Crippen molar-refractivity contribution in [1.82, 2.24) is 14.3 Å². The molecular formula is C22H25N5O4S2. The van der Waals surface area contributed by atoms with Crippen LogP contribution < -0.4 is 9.62 Å². The van der Waals surface area contributed by atoms with Gasteiger partial charge in [0, 0.05) is 37.8 Å². The number of nitrogens with one attached hydrogen (secondary N) is 1. The highest BCUT2D eigenvalue weighted by molar-refractivity contribution is 7.92. The number of aromatic nitrogens is 2. The Morgan fingerprint density at radius 2 is 1.45 bits per heavy atom. The smallest absolute Gasteiger partial charge is 0.264 e. The van der Waals surface area contributed by atoms with E-state index in [0.717, 1.165) is 5.56 Å². The summed E-state index contributed by atoms with van der Waals surface area (Å²) >= 11 is 0. The van der Waals surface area contributed by atoms with Crippen molar-refractivity contribution in [1.29, 1.82) is 0 Å². The molecule has 0 atom stereocenters. The summed E-state index contributed by atoms with van der Waals surface area (Å²) < 4.78 is 54.0. The lowest BCUT2D eigenvalue weighted by atomic mass is 10.1. The topological polar surface area (TPSA) is 113 Å². The summed E-state index contributed by atoms with van der Waals surface area (Å²) in [7, 11) is -7.13. The molecule has 0 unspecified atom stereocenters. The van der Waals surface area contributed by atoms with Crippen LogP contribution in [0, 0.1) is 0 Å². The molecule has 4 rings (SSSR count). The highest BCUT2D eigenvalue weighted by Gasteiger charge is 2.27. The van der Waals surface area contributed by atoms with Gasteiger partial charge < -0.3 is 4.90 Å². The lowest BCUT2D eigenvalue weighted by molar-refractivity contribution is 0.384. The van der Waals surface area contributed by atoms with Crippen molar-refractivity contribution >= 4 is 31.8 Å². The maximum atomic E-state index is 12.8. The molecule has 0 amide bonds. The Balaban J connectivity index is 1.66. The summed E-state index contributed by atoms with van der Waals surface area (Å²) in [5.41, 5.74) is 1.38. The maximum absolute atomic E-state index is 12.8. The summed E-state index contributed by atoms with van der Waals surface area (Å²) in [6, 6.07) is 19.2. The standard InChI is InChI=1S/C22H25N5O4S2/c1-2-32(28,29)27-15-13-26(14-16-27)21-17-20(18-9-5-3-6-10-18)23-22(24-21)25-33(30,31)19-11-7-4-8-12-19/h3-12,17H,2,13-16H2,1H3,(H,23,24,25). The molecule has 174 valence electrons. The Hall–Kier alpha value is -3.02. The molecule has 0 radical (unpaired) electrons. The second-order valence-electron chi connectivity index (χ2n) is 7.51. The molecule has 2 heterocycles. The van der Waals surface area contributed by atoms with E-state index in [2.05, 4.69) is 14.7 Å². The summed E-state index contributed by atoms with van der Waals surface area (Å²) in [4.78, 5) is 10.9. The zero-order valence-corrected chi connectivity index (χ0v) is 19.8. The Bertz CT molecular complexity index is 1310. The third-order valence-corrected chi connectivity index (χ3v) is 8.61. The van der Waals surface area contributed by atoms with E-state index in [0.29, 0.717) is 37.7 Å². The minimum Gasteiger partial charge on any atom is -0.354 e. The van der Waals surface area contributed by atoms with Gasteiger partial charge in [0.25, 0.3) is 10.0 Å². The van der Waals surface area contributed by atoms with Gasteiger partial charge in [-0.05, 0) is 19.1 Å². The number of piperazine rings is 1. The average Bonchev–Trinajstić information content (AvgIpc) is 2.85. The molecule has 2 aromatic carbocycles. The molecule has 1 aliphatic heterocycles. The van der Waals surface area contributed by atoms with Crippen LogP contribution in [0.15, 0.2) is 71.6 Å². The predicted molar refractivity (Wildman–Crippen MR) is 128 cm³/mol. The molecule has 33 heavy (non-hydrogen) atoms. The van der Waals surface area contributed by atoms with Crippen molar-refractivity contribution in [3.8, 4) is 11.3 Å². The van der Waals surface area contributed by atoms with Crippen LogP contribution in [0.2, 0.25) is 0 Å². The zero-order valence-electron chi connectivity index (χ0n) is 18.1. The highest BCUT2D eigenvalue weighted by atomic mass is 32.2. The van der Waals surface area contributed by atoms with Gasteiger partial charge in [0.1, 0.15) is 5.82 Å². The van der Waals surface area contributed by atoms with Crippen LogP contribution >= 0.6 is 0 Å². The number of hydrogen-bond donors (Lipinski definition) is 1. The molecule has 11 heteroatoms. The summed E-state index contributed by atoms with van der Waals surface area (Å²) in [6.45, 7) is 3.19. The van der Waals surface area contributed by atoms with Crippen molar-refractivity contribution in [2.24, 2.45) is 0 Å². The fraction of sp³-hybridized carbons (Fsp3) is 0.273. The number of benzene rings is 2. The van der Waals surface area contributed by atoms with E-state index < -0.39 is 20.0 Å². The molecule has 0 saturated carbocycles. The van der Waals surface area contributed by atoms with Gasteiger partial charge in [0.15, 0.2) is 0 Å². The monoisotopic (exact) mass is 487 g/mol. The quantitative estimate of drug-likeness (QED) is 0.545. The molecule has 9 nitrogen and oxygen atoms in total. The minimum absolute atomic E-state index is 0.0428. The lowest BCUT2D eigenvalue weighted by Crippen LogP contribution is -2.49. The maximum Gasteiger partial charge on any atom is 0.264 e. The van der Waals surface area contributed by atoms with Crippen LogP contribution in [0.5, 0.6) is 0 Å². The Kier molecular flexibility index (Phi) is 6.63. The van der Waals surface area contributed by atoms with Crippen LogP contribution in [0.3, 0.4) is 0 Å². The van der Waals surface area contributed by atoms with Gasteiger partial charge in [-0.15, -0.1) is 0 Å². The number of sulfonamides is 2. The summed E-state index contributed by atoms with van der Waals surface area (Å²) in [5.74, 6) is 0.548. The third-order valence-electron chi connectivity index (χ3n) is 5.38. The fourth-order valence-electron chi connectivity index (χ4n) is 3.56. The minimum atomic E-state index is -3.87. The molecule has 1 fully saturated rings. The molecule has 1 aliphatic rings. The largest absolute Gasteiger partial charge is 0.354 e. The highest BCUT2D eigenvalue weighted by Crippen LogP contribution is 2.25.